The summed E-state index contributed by atoms with van der Waals surface area (Å²) in [4.78, 5) is 0.225. The van der Waals surface area contributed by atoms with Crippen molar-refractivity contribution in [1.29, 1.82) is 0 Å². The number of hydrogen-bond donors (Lipinski definition) is 1. The van der Waals surface area contributed by atoms with Crippen molar-refractivity contribution in [3.63, 3.8) is 0 Å². The van der Waals surface area contributed by atoms with E-state index in [1.807, 2.05) is 6.07 Å². The summed E-state index contributed by atoms with van der Waals surface area (Å²) in [5, 5.41) is 3.52. The van der Waals surface area contributed by atoms with Gasteiger partial charge in [0.25, 0.3) is 10.0 Å². The molecule has 0 saturated heterocycles. The van der Waals surface area contributed by atoms with E-state index in [1.54, 1.807) is 43.4 Å². The van der Waals surface area contributed by atoms with Crippen LogP contribution in [0.15, 0.2) is 53.4 Å². The Kier molecular flexibility index (Phi) is 4.88. The third-order valence-corrected chi connectivity index (χ3v) is 5.31. The molecule has 2 rings (SSSR count). The largest absolute Gasteiger partial charge is 0.316 e. The second-order valence-electron chi connectivity index (χ2n) is 4.59. The highest BCUT2D eigenvalue weighted by Crippen LogP contribution is 2.25. The van der Waals surface area contributed by atoms with Crippen LogP contribution in [0.2, 0.25) is 5.02 Å². The lowest BCUT2D eigenvalue weighted by atomic mass is 10.2. The summed E-state index contributed by atoms with van der Waals surface area (Å²) in [5.74, 6) is 0. The zero-order valence-corrected chi connectivity index (χ0v) is 13.4. The first-order valence-electron chi connectivity index (χ1n) is 6.44. The van der Waals surface area contributed by atoms with E-state index in [1.165, 1.54) is 17.4 Å². The third-order valence-electron chi connectivity index (χ3n) is 3.16. The number of benzene rings is 2. The van der Waals surface area contributed by atoms with Crippen LogP contribution in [0.5, 0.6) is 0 Å². The van der Waals surface area contributed by atoms with Gasteiger partial charge in [0, 0.05) is 18.6 Å². The molecule has 0 unspecified atom stereocenters. The minimum atomic E-state index is -3.60. The van der Waals surface area contributed by atoms with Gasteiger partial charge >= 0.3 is 0 Å². The van der Waals surface area contributed by atoms with Gasteiger partial charge in [-0.25, -0.2) is 8.42 Å². The second-order valence-corrected chi connectivity index (χ2v) is 6.97. The van der Waals surface area contributed by atoms with Crippen molar-refractivity contribution in [2.75, 3.05) is 18.4 Å². The maximum Gasteiger partial charge on any atom is 0.264 e. The molecule has 112 valence electrons. The van der Waals surface area contributed by atoms with Gasteiger partial charge in [0.15, 0.2) is 0 Å². The van der Waals surface area contributed by atoms with Gasteiger partial charge < -0.3 is 5.32 Å². The first-order chi connectivity index (χ1) is 9.96. The third kappa shape index (κ3) is 3.37. The van der Waals surface area contributed by atoms with Crippen molar-refractivity contribution < 1.29 is 8.42 Å². The van der Waals surface area contributed by atoms with Gasteiger partial charge in [-0.15, -0.1) is 0 Å². The summed E-state index contributed by atoms with van der Waals surface area (Å²) in [6.45, 7) is 0.511. The summed E-state index contributed by atoms with van der Waals surface area (Å²) in [5.41, 5.74) is 1.37. The fourth-order valence-corrected chi connectivity index (χ4v) is 3.40. The fourth-order valence-electron chi connectivity index (χ4n) is 1.97. The predicted octanol–water partition coefficient (Wildman–Crippen LogP) is 2.88. The van der Waals surface area contributed by atoms with Gasteiger partial charge in [-0.3, -0.25) is 4.31 Å². The van der Waals surface area contributed by atoms with Gasteiger partial charge in [0.05, 0.1) is 10.6 Å². The van der Waals surface area contributed by atoms with Crippen LogP contribution >= 0.6 is 11.6 Å². The molecule has 4 nitrogen and oxygen atoms in total. The quantitative estimate of drug-likeness (QED) is 0.920. The highest BCUT2D eigenvalue weighted by Gasteiger charge is 2.22. The van der Waals surface area contributed by atoms with Gasteiger partial charge in [-0.1, -0.05) is 29.8 Å². The van der Waals surface area contributed by atoms with Crippen LogP contribution < -0.4 is 9.62 Å². The van der Waals surface area contributed by atoms with Crippen molar-refractivity contribution in [3.8, 4) is 0 Å². The van der Waals surface area contributed by atoms with Crippen molar-refractivity contribution in [3.05, 3.63) is 59.1 Å². The standard InChI is InChI=1S/C15H17ClN2O2S/c1-17-11-12-10-14(8-9-15(12)16)21(19,20)18(2)13-6-4-3-5-7-13/h3-10,17H,11H2,1-2H3. The monoisotopic (exact) mass is 324 g/mol. The smallest absolute Gasteiger partial charge is 0.264 e. The van der Waals surface area contributed by atoms with E-state index in [0.717, 1.165) is 5.56 Å². The lowest BCUT2D eigenvalue weighted by Gasteiger charge is -2.20. The Morgan fingerprint density at radius 1 is 1.14 bits per heavy atom. The molecular weight excluding hydrogens is 308 g/mol. The Morgan fingerprint density at radius 3 is 2.43 bits per heavy atom. The maximum atomic E-state index is 12.7. The van der Waals surface area contributed by atoms with Gasteiger partial charge in [-0.05, 0) is 42.9 Å². The van der Waals surface area contributed by atoms with Crippen LogP contribution in [-0.2, 0) is 16.6 Å². The SMILES string of the molecule is CNCc1cc(S(=O)(=O)N(C)c2ccccc2)ccc1Cl. The summed E-state index contributed by atoms with van der Waals surface area (Å²) in [6, 6.07) is 13.7. The van der Waals surface area contributed by atoms with Crippen molar-refractivity contribution in [2.24, 2.45) is 0 Å². The number of sulfonamides is 1. The van der Waals surface area contributed by atoms with Crippen molar-refractivity contribution in [1.82, 2.24) is 5.32 Å². The van der Waals surface area contributed by atoms with E-state index >= 15 is 0 Å². The number of hydrogen-bond acceptors (Lipinski definition) is 3. The second kappa shape index (κ2) is 6.47. The lowest BCUT2D eigenvalue weighted by Crippen LogP contribution is -2.26. The first-order valence-corrected chi connectivity index (χ1v) is 8.25. The molecule has 21 heavy (non-hydrogen) atoms. The highest BCUT2D eigenvalue weighted by atomic mass is 35.5. The average molecular weight is 325 g/mol. The van der Waals surface area contributed by atoms with Gasteiger partial charge in [0.1, 0.15) is 0 Å². The lowest BCUT2D eigenvalue weighted by molar-refractivity contribution is 0.594. The molecule has 1 N–H and O–H groups in total. The Labute approximate surface area is 130 Å². The van der Waals surface area contributed by atoms with Crippen LogP contribution in [0.4, 0.5) is 5.69 Å². The van der Waals surface area contributed by atoms with E-state index in [2.05, 4.69) is 5.32 Å². The molecule has 0 amide bonds. The molecule has 6 heteroatoms. The Balaban J connectivity index is 2.42. The molecule has 2 aromatic carbocycles. The summed E-state index contributed by atoms with van der Waals surface area (Å²) in [7, 11) is -0.279. The predicted molar refractivity (Wildman–Crippen MR) is 86.2 cm³/mol. The minimum Gasteiger partial charge on any atom is -0.316 e. The summed E-state index contributed by atoms with van der Waals surface area (Å²) in [6.07, 6.45) is 0. The Hall–Kier alpha value is -1.56. The zero-order chi connectivity index (χ0) is 15.5. The number of rotatable bonds is 5. The molecule has 0 aliphatic carbocycles. The molecule has 0 radical (unpaired) electrons. The van der Waals surface area contributed by atoms with E-state index < -0.39 is 10.0 Å². The van der Waals surface area contributed by atoms with Crippen LogP contribution in [0.1, 0.15) is 5.56 Å². The molecule has 2 aromatic rings. The normalized spacial score (nSPS) is 11.4. The van der Waals surface area contributed by atoms with Crippen LogP contribution in [-0.4, -0.2) is 22.5 Å². The van der Waals surface area contributed by atoms with Crippen LogP contribution in [0, 0.1) is 0 Å². The molecule has 0 aliphatic heterocycles. The maximum absolute atomic E-state index is 12.7. The molecule has 0 spiro atoms. The number of para-hydroxylation sites is 1. The van der Waals surface area contributed by atoms with E-state index in [-0.39, 0.29) is 4.90 Å². The fraction of sp³-hybridized carbons (Fsp3) is 0.200. The van der Waals surface area contributed by atoms with Gasteiger partial charge in [0.2, 0.25) is 0 Å². The molecule has 0 fully saturated rings. The average Bonchev–Trinajstić information content (AvgIpc) is 2.49. The van der Waals surface area contributed by atoms with Crippen molar-refractivity contribution >= 4 is 27.3 Å². The number of nitrogens with one attached hydrogen (secondary N) is 1. The summed E-state index contributed by atoms with van der Waals surface area (Å²) < 4.78 is 26.6. The van der Waals surface area contributed by atoms with Crippen molar-refractivity contribution in [2.45, 2.75) is 11.4 Å². The molecule has 0 atom stereocenters. The van der Waals surface area contributed by atoms with E-state index in [4.69, 9.17) is 11.6 Å². The summed E-state index contributed by atoms with van der Waals surface area (Å²) >= 11 is 6.07. The van der Waals surface area contributed by atoms with Crippen LogP contribution in [0.25, 0.3) is 0 Å². The molecule has 0 aliphatic rings. The topological polar surface area (TPSA) is 49.4 Å². The molecular formula is C15H17ClN2O2S. The molecule has 0 aromatic heterocycles. The zero-order valence-electron chi connectivity index (χ0n) is 11.9. The molecule has 0 heterocycles. The number of anilines is 1. The first kappa shape index (κ1) is 15.8. The highest BCUT2D eigenvalue weighted by molar-refractivity contribution is 7.92. The van der Waals surface area contributed by atoms with E-state index in [0.29, 0.717) is 17.3 Å². The minimum absolute atomic E-state index is 0.225. The van der Waals surface area contributed by atoms with E-state index in [9.17, 15) is 8.42 Å². The number of nitrogens with zero attached hydrogens (tertiary/aromatic N) is 1. The van der Waals surface area contributed by atoms with Gasteiger partial charge in [-0.2, -0.15) is 0 Å². The number of halogens is 1. The Bertz CT molecular complexity index is 718. The molecule has 0 bridgehead atoms. The van der Waals surface area contributed by atoms with Crippen LogP contribution in [0.3, 0.4) is 0 Å². The molecule has 0 saturated carbocycles. The Morgan fingerprint density at radius 2 is 1.81 bits per heavy atom.